The monoisotopic (exact) mass is 448 g/mol. The Morgan fingerprint density at radius 2 is 1.62 bits per heavy atom. The quantitative estimate of drug-likeness (QED) is 0.279. The highest BCUT2D eigenvalue weighted by Crippen LogP contribution is 2.39. The fourth-order valence-electron chi connectivity index (χ4n) is 3.44. The summed E-state index contributed by atoms with van der Waals surface area (Å²) >= 11 is 0. The number of rotatable bonds is 3. The second kappa shape index (κ2) is 7.88. The normalized spacial score (nSPS) is 25.7. The van der Waals surface area contributed by atoms with Crippen molar-refractivity contribution >= 4 is 11.0 Å². The highest BCUT2D eigenvalue weighted by molar-refractivity contribution is 5.87. The van der Waals surface area contributed by atoms with Crippen LogP contribution in [0, 0.1) is 5.92 Å². The van der Waals surface area contributed by atoms with Crippen molar-refractivity contribution in [1.82, 2.24) is 0 Å². The number of phenolic OH excluding ortho intramolecular Hbond substituents is 4. The molecule has 0 bridgehead atoms. The van der Waals surface area contributed by atoms with Gasteiger partial charge in [0.2, 0.25) is 17.5 Å². The van der Waals surface area contributed by atoms with Crippen LogP contribution in [0.2, 0.25) is 0 Å². The molecular formula is C21H20O11. The molecule has 1 fully saturated rings. The zero-order chi connectivity index (χ0) is 23.3. The molecule has 11 nitrogen and oxygen atoms in total. The van der Waals surface area contributed by atoms with E-state index < -0.39 is 64.9 Å². The van der Waals surface area contributed by atoms with Crippen molar-refractivity contribution < 1.29 is 49.6 Å². The second-order valence-electron chi connectivity index (χ2n) is 7.49. The van der Waals surface area contributed by atoms with Crippen LogP contribution in [0.5, 0.6) is 28.7 Å². The van der Waals surface area contributed by atoms with Crippen molar-refractivity contribution in [3.05, 3.63) is 40.6 Å². The van der Waals surface area contributed by atoms with Crippen molar-refractivity contribution in [2.24, 2.45) is 5.92 Å². The molecule has 1 saturated heterocycles. The maximum absolute atomic E-state index is 13.2. The Kier molecular flexibility index (Phi) is 5.34. The zero-order valence-electron chi connectivity index (χ0n) is 16.5. The lowest BCUT2D eigenvalue weighted by atomic mass is 9.96. The first-order chi connectivity index (χ1) is 15.1. The van der Waals surface area contributed by atoms with E-state index in [1.807, 2.05) is 0 Å². The molecule has 170 valence electrons. The van der Waals surface area contributed by atoms with Gasteiger partial charge in [0.05, 0.1) is 11.5 Å². The lowest BCUT2D eigenvalue weighted by molar-refractivity contribution is -0.306. The fourth-order valence-corrected chi connectivity index (χ4v) is 3.44. The van der Waals surface area contributed by atoms with E-state index in [0.717, 1.165) is 24.3 Å². The topological polar surface area (TPSA) is 190 Å². The minimum atomic E-state index is -1.80. The Labute approximate surface area is 179 Å². The molecule has 0 spiro atoms. The highest BCUT2D eigenvalue weighted by atomic mass is 16.7. The molecule has 2 aromatic carbocycles. The van der Waals surface area contributed by atoms with Crippen LogP contribution in [0.1, 0.15) is 6.92 Å². The number of hydrogen-bond donors (Lipinski definition) is 7. The van der Waals surface area contributed by atoms with Crippen molar-refractivity contribution in [3.63, 3.8) is 0 Å². The first-order valence-electron chi connectivity index (χ1n) is 9.50. The lowest BCUT2D eigenvalue weighted by Gasteiger charge is -2.38. The first-order valence-corrected chi connectivity index (χ1v) is 9.50. The molecule has 32 heavy (non-hydrogen) atoms. The molecule has 0 radical (unpaired) electrons. The minimum Gasteiger partial charge on any atom is -0.508 e. The van der Waals surface area contributed by atoms with Crippen LogP contribution in [0.25, 0.3) is 22.3 Å². The highest BCUT2D eigenvalue weighted by Gasteiger charge is 2.43. The van der Waals surface area contributed by atoms with Crippen molar-refractivity contribution in [2.45, 2.75) is 31.7 Å². The van der Waals surface area contributed by atoms with Gasteiger partial charge in [0.25, 0.3) is 0 Å². The first kappa shape index (κ1) is 21.7. The third-order valence-corrected chi connectivity index (χ3v) is 5.27. The standard InChI is InChI=1S/C21H20O11/c1-7-14(26)16(28)20(29)32-21(7)31-19-15(27)10-5-9(22)6-13(25)18(10)30-17(19)8-2-3-11(23)12(24)4-8/h2-7,14,16,20-26,28-29H,1H3. The number of fused-ring (bicyclic) bond motifs is 1. The molecule has 0 saturated carbocycles. The van der Waals surface area contributed by atoms with Gasteiger partial charge in [0, 0.05) is 17.5 Å². The van der Waals surface area contributed by atoms with E-state index in [2.05, 4.69) is 0 Å². The summed E-state index contributed by atoms with van der Waals surface area (Å²) in [4.78, 5) is 13.2. The maximum atomic E-state index is 13.2. The number of hydrogen-bond acceptors (Lipinski definition) is 11. The van der Waals surface area contributed by atoms with Gasteiger partial charge in [-0.05, 0) is 24.3 Å². The van der Waals surface area contributed by atoms with Crippen LogP contribution in [0.4, 0.5) is 0 Å². The second-order valence-corrected chi connectivity index (χ2v) is 7.49. The Balaban J connectivity index is 1.92. The van der Waals surface area contributed by atoms with Crippen molar-refractivity contribution in [3.8, 4) is 40.1 Å². The summed E-state index contributed by atoms with van der Waals surface area (Å²) < 4.78 is 16.5. The van der Waals surface area contributed by atoms with Gasteiger partial charge in [-0.25, -0.2) is 0 Å². The molecule has 3 aromatic rings. The molecule has 1 aliphatic heterocycles. The van der Waals surface area contributed by atoms with Crippen LogP contribution in [0.3, 0.4) is 0 Å². The van der Waals surface area contributed by atoms with Gasteiger partial charge in [-0.1, -0.05) is 6.92 Å². The molecular weight excluding hydrogens is 428 g/mol. The maximum Gasteiger partial charge on any atom is 0.235 e. The molecule has 1 aromatic heterocycles. The summed E-state index contributed by atoms with van der Waals surface area (Å²) in [7, 11) is 0. The van der Waals surface area contributed by atoms with E-state index in [9.17, 15) is 40.5 Å². The summed E-state index contributed by atoms with van der Waals surface area (Å²) in [6.07, 6.45) is -6.24. The van der Waals surface area contributed by atoms with Crippen LogP contribution in [-0.2, 0) is 4.74 Å². The van der Waals surface area contributed by atoms with Gasteiger partial charge in [0.15, 0.2) is 34.9 Å². The lowest BCUT2D eigenvalue weighted by Crippen LogP contribution is -2.55. The Morgan fingerprint density at radius 3 is 2.31 bits per heavy atom. The van der Waals surface area contributed by atoms with E-state index >= 15 is 0 Å². The van der Waals surface area contributed by atoms with Crippen LogP contribution in [-0.4, -0.2) is 60.5 Å². The summed E-state index contributed by atoms with van der Waals surface area (Å²) in [5.74, 6) is -3.57. The average Bonchev–Trinajstić information content (AvgIpc) is 2.74. The third-order valence-electron chi connectivity index (χ3n) is 5.27. The zero-order valence-corrected chi connectivity index (χ0v) is 16.5. The Bertz CT molecular complexity index is 1230. The smallest absolute Gasteiger partial charge is 0.235 e. The third kappa shape index (κ3) is 3.56. The Hall–Kier alpha value is -3.51. The molecule has 5 atom stereocenters. The van der Waals surface area contributed by atoms with Crippen LogP contribution >= 0.6 is 0 Å². The average molecular weight is 448 g/mol. The summed E-state index contributed by atoms with van der Waals surface area (Å²) in [5, 5.41) is 68.9. The van der Waals surface area contributed by atoms with E-state index in [-0.39, 0.29) is 22.3 Å². The molecule has 5 unspecified atom stereocenters. The van der Waals surface area contributed by atoms with Crippen molar-refractivity contribution in [2.75, 3.05) is 0 Å². The molecule has 11 heteroatoms. The van der Waals surface area contributed by atoms with Gasteiger partial charge >= 0.3 is 0 Å². The number of benzene rings is 2. The van der Waals surface area contributed by atoms with Gasteiger partial charge in [-0.3, -0.25) is 4.79 Å². The predicted octanol–water partition coefficient (Wildman–Crippen LogP) is 0.694. The van der Waals surface area contributed by atoms with Gasteiger partial charge in [0.1, 0.15) is 11.9 Å². The van der Waals surface area contributed by atoms with Crippen molar-refractivity contribution in [1.29, 1.82) is 0 Å². The Morgan fingerprint density at radius 1 is 0.906 bits per heavy atom. The molecule has 4 rings (SSSR count). The summed E-state index contributed by atoms with van der Waals surface area (Å²) in [6.45, 7) is 1.46. The van der Waals surface area contributed by atoms with E-state index in [1.54, 1.807) is 0 Å². The molecule has 0 aliphatic carbocycles. The van der Waals surface area contributed by atoms with Crippen LogP contribution in [0.15, 0.2) is 39.5 Å². The van der Waals surface area contributed by atoms with Gasteiger partial charge in [-0.15, -0.1) is 0 Å². The number of aromatic hydroxyl groups is 4. The fraction of sp³-hybridized carbons (Fsp3) is 0.286. The summed E-state index contributed by atoms with van der Waals surface area (Å²) in [5.41, 5.74) is -1.05. The van der Waals surface area contributed by atoms with E-state index in [4.69, 9.17) is 13.9 Å². The van der Waals surface area contributed by atoms with Gasteiger partial charge < -0.3 is 49.6 Å². The number of phenols is 4. The molecule has 1 aliphatic rings. The van der Waals surface area contributed by atoms with Crippen LogP contribution < -0.4 is 10.2 Å². The summed E-state index contributed by atoms with van der Waals surface area (Å²) in [6, 6.07) is 5.54. The largest absolute Gasteiger partial charge is 0.508 e. The van der Waals surface area contributed by atoms with E-state index in [0.29, 0.717) is 0 Å². The van der Waals surface area contributed by atoms with E-state index in [1.165, 1.54) is 13.0 Å². The minimum absolute atomic E-state index is 0.0753. The number of aliphatic hydroxyl groups is 3. The SMILES string of the molecule is CC1C(Oc2c(-c3ccc(O)c(O)c3)oc3c(O)cc(O)cc3c2=O)OC(O)C(O)C1O. The molecule has 2 heterocycles. The van der Waals surface area contributed by atoms with Gasteiger partial charge in [-0.2, -0.15) is 0 Å². The predicted molar refractivity (Wildman–Crippen MR) is 107 cm³/mol. The number of aliphatic hydroxyl groups excluding tert-OH is 3. The number of ether oxygens (including phenoxy) is 2. The molecule has 0 amide bonds. The molecule has 7 N–H and O–H groups in total.